The van der Waals surface area contributed by atoms with Crippen molar-refractivity contribution in [3.63, 3.8) is 0 Å². The van der Waals surface area contributed by atoms with E-state index in [2.05, 4.69) is 0 Å². The van der Waals surface area contributed by atoms with Gasteiger partial charge in [-0.1, -0.05) is 0 Å². The number of aromatic nitrogens is 2. The predicted octanol–water partition coefficient (Wildman–Crippen LogP) is 1.46. The molecule has 0 aliphatic carbocycles. The Balaban J connectivity index is 2.09. The molecule has 2 aromatic heterocycles. The first-order chi connectivity index (χ1) is 13.6. The number of ether oxygens (including phenoxy) is 1. The Labute approximate surface area is 169 Å². The van der Waals surface area contributed by atoms with Gasteiger partial charge in [0.15, 0.2) is 24.3 Å². The molecule has 4 N–H and O–H groups in total. The maximum atomic E-state index is 11.0. The van der Waals surface area contributed by atoms with E-state index in [1.165, 1.54) is 0 Å². The molecule has 160 valence electrons. The van der Waals surface area contributed by atoms with Crippen molar-refractivity contribution >= 4 is 15.2 Å². The van der Waals surface area contributed by atoms with Gasteiger partial charge in [0.1, 0.15) is 13.1 Å². The van der Waals surface area contributed by atoms with Crippen molar-refractivity contribution in [1.82, 2.24) is 0 Å². The van der Waals surface area contributed by atoms with Gasteiger partial charge in [0.2, 0.25) is 6.20 Å². The number of aryl methyl sites for hydroxylation is 2. The van der Waals surface area contributed by atoms with Crippen molar-refractivity contribution in [2.75, 3.05) is 18.9 Å². The summed E-state index contributed by atoms with van der Waals surface area (Å²) in [6.07, 6.45) is 7.82. The van der Waals surface area contributed by atoms with E-state index in [0.717, 1.165) is 11.1 Å². The first-order valence-corrected chi connectivity index (χ1v) is 12.9. The summed E-state index contributed by atoms with van der Waals surface area (Å²) in [6, 6.07) is 5.72. The van der Waals surface area contributed by atoms with Crippen molar-refractivity contribution in [1.29, 1.82) is 0 Å². The van der Waals surface area contributed by atoms with Gasteiger partial charge in [-0.25, -0.2) is 9.13 Å². The van der Waals surface area contributed by atoms with Crippen LogP contribution >= 0.6 is 15.2 Å². The third-order valence-electron chi connectivity index (χ3n) is 4.21. The third-order valence-corrected chi connectivity index (χ3v) is 6.01. The molecule has 0 amide bonds. The Hall–Kier alpha value is -1.60. The lowest BCUT2D eigenvalue weighted by atomic mass is 10.1. The van der Waals surface area contributed by atoms with Gasteiger partial charge in [0.05, 0.1) is 18.9 Å². The summed E-state index contributed by atoms with van der Waals surface area (Å²) in [5.74, 6) is 0.672. The maximum absolute atomic E-state index is 11.0. The van der Waals surface area contributed by atoms with E-state index in [1.54, 1.807) is 0 Å². The van der Waals surface area contributed by atoms with E-state index in [9.17, 15) is 9.13 Å². The zero-order chi connectivity index (χ0) is 21.5. The maximum Gasteiger partial charge on any atom is 0.325 e. The van der Waals surface area contributed by atoms with Gasteiger partial charge >= 0.3 is 15.2 Å². The number of pyridine rings is 2. The minimum absolute atomic E-state index is 0.142. The molecular weight excluding hydrogens is 418 g/mol. The second-order valence-electron chi connectivity index (χ2n) is 6.70. The molecule has 2 rings (SSSR count). The molecule has 0 spiro atoms. The van der Waals surface area contributed by atoms with Crippen LogP contribution in [-0.4, -0.2) is 38.5 Å². The topological polar surface area (TPSA) is 132 Å². The first-order valence-electron chi connectivity index (χ1n) is 9.32. The van der Waals surface area contributed by atoms with Crippen LogP contribution in [0.1, 0.15) is 19.8 Å². The summed E-state index contributed by atoms with van der Waals surface area (Å²) in [7, 11) is -7.97. The molecule has 0 bridgehead atoms. The molecule has 0 aromatic carbocycles. The van der Waals surface area contributed by atoms with Crippen molar-refractivity contribution < 1.29 is 42.6 Å². The smallest absolute Gasteiger partial charge is 0.325 e. The molecule has 0 unspecified atom stereocenters. The molecule has 9 nitrogen and oxygen atoms in total. The Morgan fingerprint density at radius 2 is 1.38 bits per heavy atom. The standard InChI is InChI=1S/C18H26N2O7P2/c1-2-27-18-15-20(9-4-14-29(24,25)26)12-7-17(18)16-5-10-19(11-6-16)8-3-13-28(21,22)23/h5-7,10-12,15H,2-4,8-9,13-14H2,1H3,(H2-2,21,22,23,24,25,26)/p+2. The van der Waals surface area contributed by atoms with Crippen molar-refractivity contribution in [3.8, 4) is 16.9 Å². The Kier molecular flexibility index (Phi) is 8.52. The highest BCUT2D eigenvalue weighted by molar-refractivity contribution is 7.52. The van der Waals surface area contributed by atoms with Gasteiger partial charge in [-0.2, -0.15) is 0 Å². The molecule has 0 aliphatic rings. The highest BCUT2D eigenvalue weighted by Crippen LogP contribution is 2.35. The third kappa shape index (κ3) is 8.74. The fourth-order valence-corrected chi connectivity index (χ4v) is 3.97. The number of rotatable bonds is 11. The molecule has 0 saturated heterocycles. The van der Waals surface area contributed by atoms with Crippen molar-refractivity contribution in [3.05, 3.63) is 43.0 Å². The molecule has 2 heterocycles. The first kappa shape index (κ1) is 23.7. The second kappa shape index (κ2) is 10.4. The zero-order valence-corrected chi connectivity index (χ0v) is 18.1. The summed E-state index contributed by atoms with van der Waals surface area (Å²) in [5.41, 5.74) is 1.82. The largest absolute Gasteiger partial charge is 0.487 e. The van der Waals surface area contributed by atoms with Crippen LogP contribution in [0.25, 0.3) is 11.1 Å². The van der Waals surface area contributed by atoms with Crippen molar-refractivity contribution in [2.45, 2.75) is 32.9 Å². The molecular formula is C18H28N2O7P2+2. The van der Waals surface area contributed by atoms with Crippen LogP contribution in [-0.2, 0) is 22.2 Å². The monoisotopic (exact) mass is 446 g/mol. The van der Waals surface area contributed by atoms with Crippen LogP contribution in [0.4, 0.5) is 0 Å². The van der Waals surface area contributed by atoms with Crippen LogP contribution in [0.15, 0.2) is 43.0 Å². The summed E-state index contributed by atoms with van der Waals surface area (Å²) < 4.78 is 31.4. The fourth-order valence-electron chi connectivity index (χ4n) is 2.87. The van der Waals surface area contributed by atoms with E-state index >= 15 is 0 Å². The minimum atomic E-state index is -4.00. The molecule has 29 heavy (non-hydrogen) atoms. The van der Waals surface area contributed by atoms with Crippen LogP contribution < -0.4 is 13.9 Å². The summed E-state index contributed by atoms with van der Waals surface area (Å²) in [6.45, 7) is 3.35. The van der Waals surface area contributed by atoms with E-state index in [1.807, 2.05) is 59.0 Å². The molecule has 0 radical (unpaired) electrons. The van der Waals surface area contributed by atoms with Crippen LogP contribution in [0.5, 0.6) is 5.75 Å². The van der Waals surface area contributed by atoms with Crippen LogP contribution in [0, 0.1) is 0 Å². The van der Waals surface area contributed by atoms with E-state index in [-0.39, 0.29) is 12.3 Å². The zero-order valence-electron chi connectivity index (χ0n) is 16.3. The molecule has 2 aromatic rings. The predicted molar refractivity (Wildman–Crippen MR) is 106 cm³/mol. The number of nitrogens with zero attached hydrogens (tertiary/aromatic N) is 2. The molecule has 0 atom stereocenters. The quantitative estimate of drug-likeness (QED) is 0.304. The summed E-state index contributed by atoms with van der Waals surface area (Å²) in [5, 5.41) is 0. The average molecular weight is 446 g/mol. The van der Waals surface area contributed by atoms with Gasteiger partial charge in [0, 0.05) is 36.6 Å². The lowest BCUT2D eigenvalue weighted by molar-refractivity contribution is -0.697. The molecule has 0 aliphatic heterocycles. The van der Waals surface area contributed by atoms with Crippen molar-refractivity contribution in [2.24, 2.45) is 0 Å². The fraction of sp³-hybridized carbons (Fsp3) is 0.444. The van der Waals surface area contributed by atoms with Gasteiger partial charge in [-0.15, -0.1) is 0 Å². The minimum Gasteiger partial charge on any atom is -0.487 e. The van der Waals surface area contributed by atoms with E-state index in [0.29, 0.717) is 38.3 Å². The lowest BCUT2D eigenvalue weighted by Crippen LogP contribution is -2.34. The molecule has 0 fully saturated rings. The summed E-state index contributed by atoms with van der Waals surface area (Å²) in [4.78, 5) is 35.8. The highest BCUT2D eigenvalue weighted by Gasteiger charge is 2.17. The number of hydrogen-bond acceptors (Lipinski definition) is 3. The highest BCUT2D eigenvalue weighted by atomic mass is 31.2. The Bertz CT molecular complexity index is 894. The Morgan fingerprint density at radius 1 is 0.862 bits per heavy atom. The average Bonchev–Trinajstić information content (AvgIpc) is 2.61. The molecule has 0 saturated carbocycles. The van der Waals surface area contributed by atoms with Crippen LogP contribution in [0.3, 0.4) is 0 Å². The van der Waals surface area contributed by atoms with Gasteiger partial charge in [-0.05, 0) is 12.5 Å². The second-order valence-corrected chi connectivity index (χ2v) is 10.3. The van der Waals surface area contributed by atoms with Gasteiger partial charge in [0.25, 0.3) is 0 Å². The summed E-state index contributed by atoms with van der Waals surface area (Å²) >= 11 is 0. The lowest BCUT2D eigenvalue weighted by Gasteiger charge is -2.09. The normalized spacial score (nSPS) is 12.2. The van der Waals surface area contributed by atoms with E-state index < -0.39 is 15.2 Å². The Morgan fingerprint density at radius 3 is 1.90 bits per heavy atom. The van der Waals surface area contributed by atoms with E-state index in [4.69, 9.17) is 24.3 Å². The number of hydrogen-bond donors (Lipinski definition) is 4. The van der Waals surface area contributed by atoms with Gasteiger partial charge < -0.3 is 24.3 Å². The molecule has 11 heteroatoms. The SMILES string of the molecule is CCOc1c[n+](CCCP(=O)(O)O)ccc1-c1cc[n+](CCCP(=O)(O)O)cc1. The van der Waals surface area contributed by atoms with Gasteiger partial charge in [-0.3, -0.25) is 9.13 Å². The van der Waals surface area contributed by atoms with Crippen LogP contribution in [0.2, 0.25) is 0 Å².